The van der Waals surface area contributed by atoms with E-state index in [1.54, 1.807) is 0 Å². The maximum atomic E-state index is 11.4. The van der Waals surface area contributed by atoms with Gasteiger partial charge in [-0.1, -0.05) is 20.8 Å². The Balaban J connectivity index is 4.44. The Bertz CT molecular complexity index is 250. The quantitative estimate of drug-likeness (QED) is 0.601. The molecule has 0 aromatic carbocycles. The highest BCUT2D eigenvalue weighted by atomic mass is 16.4. The molecule has 0 aromatic rings. The van der Waals surface area contributed by atoms with E-state index in [2.05, 4.69) is 5.32 Å². The Hall–Kier alpha value is -1.10. The number of amides is 1. The van der Waals surface area contributed by atoms with Gasteiger partial charge in [0, 0.05) is 6.54 Å². The van der Waals surface area contributed by atoms with E-state index in [9.17, 15) is 9.59 Å². The summed E-state index contributed by atoms with van der Waals surface area (Å²) in [5.41, 5.74) is 4.67. The van der Waals surface area contributed by atoms with Crippen molar-refractivity contribution in [3.8, 4) is 0 Å². The lowest BCUT2D eigenvalue weighted by atomic mass is 9.82. The minimum atomic E-state index is -0.872. The fraction of sp³-hybridized carbons (Fsp3) is 0.818. The van der Waals surface area contributed by atoms with Crippen LogP contribution in [0.5, 0.6) is 0 Å². The van der Waals surface area contributed by atoms with Crippen molar-refractivity contribution in [2.75, 3.05) is 6.54 Å². The number of nitrogens with two attached hydrogens (primary N) is 1. The molecule has 0 spiro atoms. The van der Waals surface area contributed by atoms with E-state index in [0.717, 1.165) is 0 Å². The van der Waals surface area contributed by atoms with E-state index in [0.29, 0.717) is 19.3 Å². The molecule has 0 aliphatic heterocycles. The highest BCUT2D eigenvalue weighted by molar-refractivity contribution is 5.82. The Morgan fingerprint density at radius 3 is 2.12 bits per heavy atom. The van der Waals surface area contributed by atoms with Crippen LogP contribution >= 0.6 is 0 Å². The normalized spacial score (nSPS) is 13.2. The lowest BCUT2D eigenvalue weighted by Crippen LogP contribution is -2.47. The fourth-order valence-electron chi connectivity index (χ4n) is 1.45. The summed E-state index contributed by atoms with van der Waals surface area (Å²) >= 11 is 0. The molecule has 0 aliphatic carbocycles. The number of carboxylic acids is 1. The third-order valence-corrected chi connectivity index (χ3v) is 3.18. The Labute approximate surface area is 96.4 Å². The zero-order valence-corrected chi connectivity index (χ0v) is 10.2. The second-order valence-electron chi connectivity index (χ2n) is 4.03. The summed E-state index contributed by atoms with van der Waals surface area (Å²) in [6.07, 6.45) is 1.52. The average Bonchev–Trinajstić information content (AvgIpc) is 2.29. The van der Waals surface area contributed by atoms with Crippen molar-refractivity contribution in [2.45, 2.75) is 46.1 Å². The predicted molar refractivity (Wildman–Crippen MR) is 61.9 cm³/mol. The smallest absolute Gasteiger partial charge is 0.311 e. The number of hydrogen-bond donors (Lipinski definition) is 3. The largest absolute Gasteiger partial charge is 0.481 e. The van der Waals surface area contributed by atoms with Crippen LogP contribution in [0.1, 0.15) is 40.0 Å². The Kier molecular flexibility index (Phi) is 6.03. The van der Waals surface area contributed by atoms with Gasteiger partial charge in [-0.2, -0.15) is 0 Å². The van der Waals surface area contributed by atoms with Gasteiger partial charge >= 0.3 is 5.97 Å². The van der Waals surface area contributed by atoms with Crippen molar-refractivity contribution in [2.24, 2.45) is 11.1 Å². The summed E-state index contributed by atoms with van der Waals surface area (Å²) in [6, 6.07) is -0.555. The van der Waals surface area contributed by atoms with Gasteiger partial charge in [0.25, 0.3) is 0 Å². The van der Waals surface area contributed by atoms with Crippen molar-refractivity contribution in [3.05, 3.63) is 0 Å². The van der Waals surface area contributed by atoms with Gasteiger partial charge in [0.1, 0.15) is 0 Å². The van der Waals surface area contributed by atoms with Crippen molar-refractivity contribution >= 4 is 11.9 Å². The maximum Gasteiger partial charge on any atom is 0.311 e. The van der Waals surface area contributed by atoms with Crippen LogP contribution in [0.4, 0.5) is 0 Å². The molecular weight excluding hydrogens is 208 g/mol. The molecule has 5 nitrogen and oxygen atoms in total. The topological polar surface area (TPSA) is 92.4 Å². The lowest BCUT2D eigenvalue weighted by molar-refractivity contribution is -0.149. The van der Waals surface area contributed by atoms with Crippen LogP contribution in [0.15, 0.2) is 0 Å². The number of hydrogen-bond acceptors (Lipinski definition) is 3. The summed E-state index contributed by atoms with van der Waals surface area (Å²) < 4.78 is 0. The van der Waals surface area contributed by atoms with E-state index in [1.807, 2.05) is 20.8 Å². The van der Waals surface area contributed by atoms with Crippen LogP contribution < -0.4 is 11.1 Å². The van der Waals surface area contributed by atoms with Gasteiger partial charge < -0.3 is 16.2 Å². The minimum Gasteiger partial charge on any atom is -0.481 e. The fourth-order valence-corrected chi connectivity index (χ4v) is 1.45. The molecule has 5 heteroatoms. The molecular formula is C11H22N2O3. The molecule has 0 fully saturated rings. The first kappa shape index (κ1) is 14.9. The molecule has 0 heterocycles. The highest BCUT2D eigenvalue weighted by Gasteiger charge is 2.35. The molecule has 16 heavy (non-hydrogen) atoms. The number of carbonyl (C=O) groups excluding carboxylic acids is 1. The molecule has 0 unspecified atom stereocenters. The van der Waals surface area contributed by atoms with E-state index in [4.69, 9.17) is 10.8 Å². The summed E-state index contributed by atoms with van der Waals surface area (Å²) in [7, 11) is 0. The maximum absolute atomic E-state index is 11.4. The zero-order chi connectivity index (χ0) is 12.8. The molecule has 0 aliphatic rings. The van der Waals surface area contributed by atoms with Gasteiger partial charge in [-0.05, 0) is 19.3 Å². The van der Waals surface area contributed by atoms with Crippen LogP contribution in [0, 0.1) is 5.41 Å². The monoisotopic (exact) mass is 230 g/mol. The third-order valence-electron chi connectivity index (χ3n) is 3.18. The van der Waals surface area contributed by atoms with Crippen LogP contribution in [0.25, 0.3) is 0 Å². The number of carboxylic acid groups (broad SMARTS) is 1. The summed E-state index contributed by atoms with van der Waals surface area (Å²) in [4.78, 5) is 22.6. The SMILES string of the molecule is CC[C@H](N)C(=O)NCC(CC)(CC)C(=O)O. The van der Waals surface area contributed by atoms with Crippen molar-refractivity contribution < 1.29 is 14.7 Å². The first-order valence-electron chi connectivity index (χ1n) is 5.70. The predicted octanol–water partition coefficient (Wildman–Crippen LogP) is 0.731. The molecule has 1 amide bonds. The number of nitrogens with one attached hydrogen (secondary N) is 1. The third kappa shape index (κ3) is 3.48. The second-order valence-corrected chi connectivity index (χ2v) is 4.03. The molecule has 0 aromatic heterocycles. The molecule has 0 radical (unpaired) electrons. The molecule has 0 saturated heterocycles. The van der Waals surface area contributed by atoms with Crippen molar-refractivity contribution in [1.29, 1.82) is 0 Å². The van der Waals surface area contributed by atoms with Gasteiger partial charge in [-0.15, -0.1) is 0 Å². The van der Waals surface area contributed by atoms with Gasteiger partial charge in [0.2, 0.25) is 5.91 Å². The first-order chi connectivity index (χ1) is 7.43. The van der Waals surface area contributed by atoms with Crippen LogP contribution in [-0.4, -0.2) is 29.6 Å². The lowest BCUT2D eigenvalue weighted by Gasteiger charge is -2.27. The standard InChI is InChI=1S/C11H22N2O3/c1-4-8(12)9(14)13-7-11(5-2,6-3)10(15)16/h8H,4-7,12H2,1-3H3,(H,13,14)(H,15,16)/t8-/m0/s1. The van der Waals surface area contributed by atoms with Gasteiger partial charge in [0.05, 0.1) is 11.5 Å². The van der Waals surface area contributed by atoms with Crippen molar-refractivity contribution in [1.82, 2.24) is 5.32 Å². The van der Waals surface area contributed by atoms with Gasteiger partial charge in [-0.25, -0.2) is 0 Å². The van der Waals surface area contributed by atoms with Crippen LogP contribution in [0.2, 0.25) is 0 Å². The van der Waals surface area contributed by atoms with Gasteiger partial charge in [-0.3, -0.25) is 9.59 Å². The average molecular weight is 230 g/mol. The van der Waals surface area contributed by atoms with E-state index in [-0.39, 0.29) is 12.5 Å². The Morgan fingerprint density at radius 1 is 1.31 bits per heavy atom. The molecule has 0 saturated carbocycles. The number of rotatable bonds is 7. The van der Waals surface area contributed by atoms with Crippen molar-refractivity contribution in [3.63, 3.8) is 0 Å². The first-order valence-corrected chi connectivity index (χ1v) is 5.70. The summed E-state index contributed by atoms with van der Waals surface area (Å²) in [6.45, 7) is 5.57. The highest BCUT2D eigenvalue weighted by Crippen LogP contribution is 2.25. The minimum absolute atomic E-state index is 0.141. The zero-order valence-electron chi connectivity index (χ0n) is 10.2. The summed E-state index contributed by atoms with van der Waals surface area (Å²) in [5.74, 6) is -1.15. The van der Waals surface area contributed by atoms with E-state index >= 15 is 0 Å². The molecule has 1 atom stereocenters. The second kappa shape index (κ2) is 6.48. The number of aliphatic carboxylic acids is 1. The van der Waals surface area contributed by atoms with Crippen LogP contribution in [-0.2, 0) is 9.59 Å². The summed E-state index contributed by atoms with van der Waals surface area (Å²) in [5, 5.41) is 11.8. The molecule has 0 bridgehead atoms. The number of carbonyl (C=O) groups is 2. The van der Waals surface area contributed by atoms with E-state index < -0.39 is 17.4 Å². The molecule has 94 valence electrons. The van der Waals surface area contributed by atoms with Gasteiger partial charge in [0.15, 0.2) is 0 Å². The molecule has 0 rings (SSSR count). The van der Waals surface area contributed by atoms with E-state index in [1.165, 1.54) is 0 Å². The Morgan fingerprint density at radius 2 is 1.81 bits per heavy atom. The molecule has 4 N–H and O–H groups in total. The van der Waals surface area contributed by atoms with Crippen LogP contribution in [0.3, 0.4) is 0 Å².